The summed E-state index contributed by atoms with van der Waals surface area (Å²) in [6.45, 7) is 4.94. The lowest BCUT2D eigenvalue weighted by Gasteiger charge is -2.32. The normalized spacial score (nSPS) is 17.1. The average Bonchev–Trinajstić information content (AvgIpc) is 2.15. The first kappa shape index (κ1) is 10.8. The maximum Gasteiger partial charge on any atom is 0.511 e. The van der Waals surface area contributed by atoms with E-state index in [0.29, 0.717) is 12.4 Å². The van der Waals surface area contributed by atoms with E-state index in [1.807, 2.05) is 6.07 Å². The molecule has 1 N–H and O–H groups in total. The van der Waals surface area contributed by atoms with Gasteiger partial charge in [0.15, 0.2) is 0 Å². The van der Waals surface area contributed by atoms with Crippen molar-refractivity contribution >= 4 is 6.16 Å². The van der Waals surface area contributed by atoms with E-state index in [0.717, 1.165) is 17.7 Å². The zero-order valence-electron chi connectivity index (χ0n) is 9.32. The van der Waals surface area contributed by atoms with Gasteiger partial charge in [-0.1, -0.05) is 19.9 Å². The summed E-state index contributed by atoms with van der Waals surface area (Å²) >= 11 is 0. The van der Waals surface area contributed by atoms with Gasteiger partial charge in [-0.2, -0.15) is 0 Å². The molecule has 0 saturated heterocycles. The number of carboxylic acid groups (broad SMARTS) is 1. The Hall–Kier alpha value is -1.71. The van der Waals surface area contributed by atoms with Crippen LogP contribution in [0.5, 0.6) is 11.5 Å². The van der Waals surface area contributed by atoms with Crippen LogP contribution in [0.15, 0.2) is 18.2 Å². The van der Waals surface area contributed by atoms with Gasteiger partial charge in [0.2, 0.25) is 0 Å². The molecule has 0 saturated carbocycles. The summed E-state index contributed by atoms with van der Waals surface area (Å²) in [5, 5.41) is 8.51. The predicted octanol–water partition coefficient (Wildman–Crippen LogP) is 2.80. The monoisotopic (exact) mass is 222 g/mol. The van der Waals surface area contributed by atoms with E-state index < -0.39 is 6.16 Å². The lowest BCUT2D eigenvalue weighted by molar-refractivity contribution is 0.144. The van der Waals surface area contributed by atoms with Gasteiger partial charge in [0.05, 0.1) is 6.61 Å². The molecule has 1 heterocycles. The molecule has 2 rings (SSSR count). The molecule has 0 aliphatic carbocycles. The smallest absolute Gasteiger partial charge is 0.493 e. The Labute approximate surface area is 93.8 Å². The number of hydrogen-bond donors (Lipinski definition) is 1. The van der Waals surface area contributed by atoms with E-state index in [4.69, 9.17) is 9.84 Å². The van der Waals surface area contributed by atoms with Gasteiger partial charge in [0, 0.05) is 11.6 Å². The Kier molecular flexibility index (Phi) is 2.50. The van der Waals surface area contributed by atoms with Gasteiger partial charge in [-0.05, 0) is 17.9 Å². The highest BCUT2D eigenvalue weighted by atomic mass is 16.7. The van der Waals surface area contributed by atoms with Crippen molar-refractivity contribution in [2.24, 2.45) is 0 Å². The van der Waals surface area contributed by atoms with Crippen molar-refractivity contribution < 1.29 is 19.4 Å². The molecule has 16 heavy (non-hydrogen) atoms. The molecular formula is C12H14O4. The number of hydrogen-bond acceptors (Lipinski definition) is 3. The van der Waals surface area contributed by atoms with Crippen molar-refractivity contribution in [1.29, 1.82) is 0 Å². The van der Waals surface area contributed by atoms with E-state index in [9.17, 15) is 4.79 Å². The fourth-order valence-corrected chi connectivity index (χ4v) is 1.90. The maximum absolute atomic E-state index is 10.4. The quantitative estimate of drug-likeness (QED) is 0.586. The fourth-order valence-electron chi connectivity index (χ4n) is 1.90. The number of ether oxygens (including phenoxy) is 2. The van der Waals surface area contributed by atoms with Gasteiger partial charge in [-0.15, -0.1) is 0 Å². The van der Waals surface area contributed by atoms with Crippen LogP contribution in [-0.4, -0.2) is 17.9 Å². The highest BCUT2D eigenvalue weighted by Crippen LogP contribution is 2.39. The van der Waals surface area contributed by atoms with Gasteiger partial charge >= 0.3 is 6.16 Å². The molecular weight excluding hydrogens is 208 g/mol. The molecule has 1 aromatic rings. The summed E-state index contributed by atoms with van der Waals surface area (Å²) in [4.78, 5) is 10.4. The Balaban J connectivity index is 2.36. The number of fused-ring (bicyclic) bond motifs is 1. The second-order valence-corrected chi connectivity index (χ2v) is 4.51. The Bertz CT molecular complexity index is 423. The Morgan fingerprint density at radius 3 is 2.94 bits per heavy atom. The van der Waals surface area contributed by atoms with Crippen LogP contribution in [0.2, 0.25) is 0 Å². The van der Waals surface area contributed by atoms with E-state index in [2.05, 4.69) is 18.6 Å². The van der Waals surface area contributed by atoms with Gasteiger partial charge in [-0.25, -0.2) is 4.79 Å². The molecule has 1 aliphatic rings. The summed E-state index contributed by atoms with van der Waals surface area (Å²) in [6, 6.07) is 5.15. The maximum atomic E-state index is 10.4. The van der Waals surface area contributed by atoms with E-state index in [-0.39, 0.29) is 5.41 Å². The molecule has 1 aliphatic heterocycles. The van der Waals surface area contributed by atoms with Crippen LogP contribution in [0, 0.1) is 0 Å². The summed E-state index contributed by atoms with van der Waals surface area (Å²) in [7, 11) is 0. The minimum atomic E-state index is -1.31. The summed E-state index contributed by atoms with van der Waals surface area (Å²) in [6.07, 6.45) is -0.353. The van der Waals surface area contributed by atoms with Crippen molar-refractivity contribution in [1.82, 2.24) is 0 Å². The average molecular weight is 222 g/mol. The van der Waals surface area contributed by atoms with Crippen molar-refractivity contribution in [2.75, 3.05) is 6.61 Å². The van der Waals surface area contributed by atoms with Gasteiger partial charge in [0.25, 0.3) is 0 Å². The first-order valence-corrected chi connectivity index (χ1v) is 5.17. The van der Waals surface area contributed by atoms with Crippen molar-refractivity contribution in [3.8, 4) is 11.5 Å². The zero-order valence-corrected chi connectivity index (χ0v) is 9.32. The van der Waals surface area contributed by atoms with E-state index >= 15 is 0 Å². The molecule has 0 spiro atoms. The largest absolute Gasteiger partial charge is 0.511 e. The van der Waals surface area contributed by atoms with Gasteiger partial charge in [0.1, 0.15) is 11.5 Å². The van der Waals surface area contributed by atoms with Crippen LogP contribution in [0.3, 0.4) is 0 Å². The minimum absolute atomic E-state index is 0.0648. The molecule has 0 unspecified atom stereocenters. The first-order chi connectivity index (χ1) is 7.49. The van der Waals surface area contributed by atoms with Crippen LogP contribution in [-0.2, 0) is 5.41 Å². The van der Waals surface area contributed by atoms with Crippen LogP contribution in [0.25, 0.3) is 0 Å². The molecule has 0 aromatic heterocycles. The van der Waals surface area contributed by atoms with Crippen molar-refractivity contribution in [2.45, 2.75) is 25.7 Å². The van der Waals surface area contributed by atoms with Crippen LogP contribution in [0.4, 0.5) is 4.79 Å². The van der Waals surface area contributed by atoms with E-state index in [1.165, 1.54) is 0 Å². The third-order valence-electron chi connectivity index (χ3n) is 2.87. The summed E-state index contributed by atoms with van der Waals surface area (Å²) < 4.78 is 10.1. The second kappa shape index (κ2) is 3.70. The molecule has 0 radical (unpaired) electrons. The molecule has 0 fully saturated rings. The topological polar surface area (TPSA) is 55.8 Å². The summed E-state index contributed by atoms with van der Waals surface area (Å²) in [5.41, 5.74) is 1.16. The molecule has 1 aromatic carbocycles. The minimum Gasteiger partial charge on any atom is -0.493 e. The molecule has 0 amide bonds. The fraction of sp³-hybridized carbons (Fsp3) is 0.417. The van der Waals surface area contributed by atoms with E-state index in [1.54, 1.807) is 12.1 Å². The number of rotatable bonds is 1. The van der Waals surface area contributed by atoms with Gasteiger partial charge < -0.3 is 14.6 Å². The first-order valence-electron chi connectivity index (χ1n) is 5.17. The molecule has 86 valence electrons. The Morgan fingerprint density at radius 2 is 2.25 bits per heavy atom. The SMILES string of the molecule is CC1(C)CCOc2cc(OC(=O)O)ccc21. The summed E-state index contributed by atoms with van der Waals surface area (Å²) in [5.74, 6) is 1.01. The van der Waals surface area contributed by atoms with Crippen molar-refractivity contribution in [3.63, 3.8) is 0 Å². The zero-order chi connectivity index (χ0) is 11.8. The number of carbonyl (C=O) groups is 1. The van der Waals surface area contributed by atoms with Gasteiger partial charge in [-0.3, -0.25) is 0 Å². The Morgan fingerprint density at radius 1 is 1.50 bits per heavy atom. The third kappa shape index (κ3) is 1.96. The molecule has 0 bridgehead atoms. The standard InChI is InChI=1S/C12H14O4/c1-12(2)5-6-15-10-7-8(16-11(13)14)3-4-9(10)12/h3-4,7H,5-6H2,1-2H3,(H,13,14). The molecule has 4 heteroatoms. The van der Waals surface area contributed by atoms with Crippen molar-refractivity contribution in [3.05, 3.63) is 23.8 Å². The molecule has 0 atom stereocenters. The van der Waals surface area contributed by atoms with Crippen LogP contribution < -0.4 is 9.47 Å². The van der Waals surface area contributed by atoms with Crippen LogP contribution >= 0.6 is 0 Å². The second-order valence-electron chi connectivity index (χ2n) is 4.51. The lowest BCUT2D eigenvalue weighted by Crippen LogP contribution is -2.26. The third-order valence-corrected chi connectivity index (χ3v) is 2.87. The predicted molar refractivity (Wildman–Crippen MR) is 58.2 cm³/mol. The number of benzene rings is 1. The lowest BCUT2D eigenvalue weighted by atomic mass is 9.80. The molecule has 4 nitrogen and oxygen atoms in total. The van der Waals surface area contributed by atoms with Crippen LogP contribution in [0.1, 0.15) is 25.8 Å². The highest BCUT2D eigenvalue weighted by molar-refractivity contribution is 5.62. The highest BCUT2D eigenvalue weighted by Gasteiger charge is 2.28.